The maximum Gasteiger partial charge on any atom is 0.261 e. The SMILES string of the molecule is CN[S+]([O-])c1cccc(NC(=O)c2c(Oc3ccc(C#N)cc3OC)ncc(-c3ccc(C)cc3)c2C)c1. The maximum atomic E-state index is 13.7. The molecule has 8 nitrogen and oxygen atoms in total. The number of pyridine rings is 1. The molecule has 0 aliphatic carbocycles. The quantitative estimate of drug-likeness (QED) is 0.290. The van der Waals surface area contributed by atoms with Gasteiger partial charge in [-0.3, -0.25) is 4.79 Å². The van der Waals surface area contributed by atoms with Crippen molar-refractivity contribution in [2.75, 3.05) is 19.5 Å². The van der Waals surface area contributed by atoms with Gasteiger partial charge in [-0.25, -0.2) is 4.98 Å². The molecule has 4 aromatic rings. The number of nitriles is 1. The summed E-state index contributed by atoms with van der Waals surface area (Å²) >= 11 is -1.41. The fraction of sp³-hybridized carbons (Fsp3) is 0.138. The van der Waals surface area contributed by atoms with E-state index in [1.54, 1.807) is 55.7 Å². The highest BCUT2D eigenvalue weighted by Crippen LogP contribution is 2.36. The normalized spacial score (nSPS) is 11.4. The molecule has 0 saturated carbocycles. The van der Waals surface area contributed by atoms with Crippen LogP contribution in [0.2, 0.25) is 0 Å². The first kappa shape index (κ1) is 26.7. The van der Waals surface area contributed by atoms with E-state index < -0.39 is 17.3 Å². The van der Waals surface area contributed by atoms with E-state index in [4.69, 9.17) is 9.47 Å². The highest BCUT2D eigenvalue weighted by atomic mass is 32.2. The molecular formula is C29H26N4O4S. The fourth-order valence-electron chi connectivity index (χ4n) is 3.87. The molecule has 0 bridgehead atoms. The Kier molecular flexibility index (Phi) is 8.28. The number of benzene rings is 3. The molecule has 1 amide bonds. The van der Waals surface area contributed by atoms with Gasteiger partial charge >= 0.3 is 0 Å². The third-order valence-electron chi connectivity index (χ3n) is 5.88. The minimum Gasteiger partial charge on any atom is -0.593 e. The molecule has 192 valence electrons. The van der Waals surface area contributed by atoms with E-state index in [-0.39, 0.29) is 11.4 Å². The smallest absolute Gasteiger partial charge is 0.261 e. The van der Waals surface area contributed by atoms with Gasteiger partial charge in [-0.05, 0) is 49.2 Å². The zero-order valence-corrected chi connectivity index (χ0v) is 22.2. The first-order chi connectivity index (χ1) is 18.3. The van der Waals surface area contributed by atoms with Crippen molar-refractivity contribution in [3.05, 3.63) is 95.2 Å². The molecule has 9 heteroatoms. The molecule has 2 N–H and O–H groups in total. The van der Waals surface area contributed by atoms with Crippen LogP contribution in [0.5, 0.6) is 17.4 Å². The average molecular weight is 527 g/mol. The highest BCUT2D eigenvalue weighted by molar-refractivity contribution is 7.89. The lowest BCUT2D eigenvalue weighted by Gasteiger charge is -2.17. The molecule has 0 saturated heterocycles. The molecule has 38 heavy (non-hydrogen) atoms. The van der Waals surface area contributed by atoms with Crippen molar-refractivity contribution in [2.45, 2.75) is 18.7 Å². The van der Waals surface area contributed by atoms with Gasteiger partial charge in [0.05, 0.1) is 30.1 Å². The van der Waals surface area contributed by atoms with Crippen LogP contribution in [0.1, 0.15) is 27.0 Å². The number of aromatic nitrogens is 1. The predicted octanol–water partition coefficient (Wildman–Crippen LogP) is 5.53. The number of carbonyl (C=O) groups excluding carboxylic acids is 1. The summed E-state index contributed by atoms with van der Waals surface area (Å²) < 4.78 is 26.4. The van der Waals surface area contributed by atoms with Crippen LogP contribution in [0, 0.1) is 25.2 Å². The second-order valence-electron chi connectivity index (χ2n) is 8.38. The van der Waals surface area contributed by atoms with Crippen molar-refractivity contribution < 1.29 is 18.8 Å². The van der Waals surface area contributed by atoms with Gasteiger partial charge in [-0.1, -0.05) is 35.9 Å². The summed E-state index contributed by atoms with van der Waals surface area (Å²) in [7, 11) is 3.06. The van der Waals surface area contributed by atoms with Crippen LogP contribution in [-0.2, 0) is 11.4 Å². The summed E-state index contributed by atoms with van der Waals surface area (Å²) in [5.74, 6) is 0.273. The number of methoxy groups -OCH3 is 1. The second kappa shape index (κ2) is 11.8. The number of anilines is 1. The second-order valence-corrected chi connectivity index (χ2v) is 9.79. The van der Waals surface area contributed by atoms with E-state index in [9.17, 15) is 14.6 Å². The summed E-state index contributed by atoms with van der Waals surface area (Å²) in [6.45, 7) is 3.84. The highest BCUT2D eigenvalue weighted by Gasteiger charge is 2.23. The number of aryl methyl sites for hydroxylation is 1. The van der Waals surface area contributed by atoms with Crippen LogP contribution in [0.4, 0.5) is 5.69 Å². The third kappa shape index (κ3) is 5.79. The fourth-order valence-corrected chi connectivity index (χ4v) is 4.55. The monoisotopic (exact) mass is 526 g/mol. The number of ether oxygens (including phenoxy) is 2. The molecule has 1 atom stereocenters. The zero-order valence-electron chi connectivity index (χ0n) is 21.4. The predicted molar refractivity (Wildman–Crippen MR) is 147 cm³/mol. The Morgan fingerprint density at radius 1 is 1.05 bits per heavy atom. The van der Waals surface area contributed by atoms with Crippen molar-refractivity contribution >= 4 is 23.0 Å². The van der Waals surface area contributed by atoms with E-state index in [1.165, 1.54) is 7.11 Å². The van der Waals surface area contributed by atoms with Gasteiger partial charge in [-0.15, -0.1) is 4.72 Å². The van der Waals surface area contributed by atoms with Crippen LogP contribution in [0.3, 0.4) is 0 Å². The Hall–Kier alpha value is -4.36. The Balaban J connectivity index is 1.79. The van der Waals surface area contributed by atoms with Crippen molar-refractivity contribution in [1.29, 1.82) is 5.26 Å². The van der Waals surface area contributed by atoms with Crippen LogP contribution < -0.4 is 19.5 Å². The third-order valence-corrected chi connectivity index (χ3v) is 6.94. The number of nitrogens with one attached hydrogen (secondary N) is 2. The molecule has 0 spiro atoms. The van der Waals surface area contributed by atoms with Crippen molar-refractivity contribution in [3.8, 4) is 34.6 Å². The Labute approximate surface area is 224 Å². The van der Waals surface area contributed by atoms with Gasteiger partial charge in [0.1, 0.15) is 5.56 Å². The van der Waals surface area contributed by atoms with Crippen LogP contribution >= 0.6 is 0 Å². The van der Waals surface area contributed by atoms with E-state index in [0.29, 0.717) is 33.2 Å². The van der Waals surface area contributed by atoms with Crippen molar-refractivity contribution in [2.24, 2.45) is 0 Å². The van der Waals surface area contributed by atoms with Gasteiger partial charge in [-0.2, -0.15) is 5.26 Å². The van der Waals surface area contributed by atoms with Crippen molar-refractivity contribution in [3.63, 3.8) is 0 Å². The standard InChI is InChI=1S/C29H26N4O4S/c1-18-8-11-21(12-9-18)24-17-32-29(37-25-13-10-20(16-30)14-26(25)36-4)27(19(24)2)28(34)33-22-6-5-7-23(15-22)38(35)31-3/h5-15,17,31H,1-4H3,(H,33,34). The molecule has 1 unspecified atom stereocenters. The number of hydrogen-bond donors (Lipinski definition) is 2. The summed E-state index contributed by atoms with van der Waals surface area (Å²) in [6, 6.07) is 21.5. The van der Waals surface area contributed by atoms with Gasteiger partial charge in [0, 0.05) is 36.6 Å². The van der Waals surface area contributed by atoms with E-state index >= 15 is 0 Å². The molecule has 0 aliphatic rings. The minimum absolute atomic E-state index is 0.0776. The number of hydrogen-bond acceptors (Lipinski definition) is 7. The molecule has 0 aliphatic heterocycles. The van der Waals surface area contributed by atoms with Gasteiger partial charge < -0.3 is 19.3 Å². The van der Waals surface area contributed by atoms with Gasteiger partial charge in [0.15, 0.2) is 16.4 Å². The van der Waals surface area contributed by atoms with E-state index in [0.717, 1.165) is 16.7 Å². The molecule has 4 rings (SSSR count). The number of amides is 1. The first-order valence-corrected chi connectivity index (χ1v) is 12.8. The first-order valence-electron chi connectivity index (χ1n) is 11.7. The van der Waals surface area contributed by atoms with Crippen molar-refractivity contribution in [1.82, 2.24) is 9.71 Å². The molecule has 0 fully saturated rings. The number of carbonyl (C=O) groups is 1. The van der Waals surface area contributed by atoms with E-state index in [2.05, 4.69) is 21.1 Å². The average Bonchev–Trinajstić information content (AvgIpc) is 2.93. The van der Waals surface area contributed by atoms with Crippen LogP contribution in [0.15, 0.2) is 77.8 Å². The van der Waals surface area contributed by atoms with Crippen LogP contribution in [0.25, 0.3) is 11.1 Å². The molecule has 0 radical (unpaired) electrons. The molecule has 3 aromatic carbocycles. The largest absolute Gasteiger partial charge is 0.593 e. The maximum absolute atomic E-state index is 13.7. The zero-order chi connectivity index (χ0) is 27.2. The minimum atomic E-state index is -1.41. The number of nitrogens with zero attached hydrogens (tertiary/aromatic N) is 2. The molecular weight excluding hydrogens is 500 g/mol. The lowest BCUT2D eigenvalue weighted by atomic mass is 9.97. The lowest BCUT2D eigenvalue weighted by Crippen LogP contribution is -2.19. The Bertz CT molecular complexity index is 1520. The summed E-state index contributed by atoms with van der Waals surface area (Å²) in [5, 5.41) is 12.1. The molecule has 1 aromatic heterocycles. The van der Waals surface area contributed by atoms with E-state index in [1.807, 2.05) is 38.1 Å². The lowest BCUT2D eigenvalue weighted by molar-refractivity contribution is 0.102. The topological polar surface area (TPSA) is 119 Å². The summed E-state index contributed by atoms with van der Waals surface area (Å²) in [5.41, 5.74) is 4.57. The van der Waals surface area contributed by atoms with Gasteiger partial charge in [0.25, 0.3) is 5.91 Å². The summed E-state index contributed by atoms with van der Waals surface area (Å²) in [4.78, 5) is 18.7. The van der Waals surface area contributed by atoms with Crippen LogP contribution in [-0.4, -0.2) is 29.6 Å². The molecule has 1 heterocycles. The van der Waals surface area contributed by atoms with Gasteiger partial charge in [0.2, 0.25) is 5.88 Å². The Morgan fingerprint density at radius 3 is 2.50 bits per heavy atom. The number of rotatable bonds is 8. The summed E-state index contributed by atoms with van der Waals surface area (Å²) in [6.07, 6.45) is 1.67. The Morgan fingerprint density at radius 2 is 1.82 bits per heavy atom.